The highest BCUT2D eigenvalue weighted by Crippen LogP contribution is 2.34. The molecule has 0 saturated carbocycles. The summed E-state index contributed by atoms with van der Waals surface area (Å²) < 4.78 is 5.66. The molecule has 0 bridgehead atoms. The van der Waals surface area contributed by atoms with Gasteiger partial charge in [0.2, 0.25) is 0 Å². The van der Waals surface area contributed by atoms with Gasteiger partial charge in [-0.05, 0) is 43.5 Å². The van der Waals surface area contributed by atoms with E-state index in [1.165, 1.54) is 0 Å². The number of aromatic nitrogens is 2. The van der Waals surface area contributed by atoms with E-state index in [0.29, 0.717) is 5.75 Å². The molecule has 2 aromatic heterocycles. The zero-order valence-electron chi connectivity index (χ0n) is 15.0. The number of hydrogen-bond donors (Lipinski definition) is 0. The van der Waals surface area contributed by atoms with Crippen molar-refractivity contribution in [3.05, 3.63) is 65.9 Å². The lowest BCUT2D eigenvalue weighted by atomic mass is 10.00. The number of ether oxygens (including phenoxy) is 1. The van der Waals surface area contributed by atoms with Crippen molar-refractivity contribution < 1.29 is 9.53 Å². The van der Waals surface area contributed by atoms with E-state index in [0.717, 1.165) is 42.1 Å². The van der Waals surface area contributed by atoms with Crippen LogP contribution in [0.5, 0.6) is 5.75 Å². The van der Waals surface area contributed by atoms with Crippen LogP contribution in [0.25, 0.3) is 10.6 Å². The number of carbonyl (C=O) groups is 1. The molecule has 0 N–H and O–H groups in total. The molecule has 27 heavy (non-hydrogen) atoms. The van der Waals surface area contributed by atoms with Crippen molar-refractivity contribution in [3.8, 4) is 16.3 Å². The largest absolute Gasteiger partial charge is 0.484 e. The average molecular weight is 379 g/mol. The molecule has 6 heteroatoms. The maximum Gasteiger partial charge on any atom is 0.261 e. The quantitative estimate of drug-likeness (QED) is 0.662. The Morgan fingerprint density at radius 2 is 2.07 bits per heavy atom. The molecule has 0 spiro atoms. The molecule has 0 radical (unpaired) electrons. The summed E-state index contributed by atoms with van der Waals surface area (Å²) in [7, 11) is 0. The van der Waals surface area contributed by atoms with Crippen molar-refractivity contribution in [1.29, 1.82) is 0 Å². The molecule has 1 amide bonds. The summed E-state index contributed by atoms with van der Waals surface area (Å²) in [5, 5.41) is 3.01. The summed E-state index contributed by atoms with van der Waals surface area (Å²) in [5.74, 6) is 0.728. The van der Waals surface area contributed by atoms with E-state index in [9.17, 15) is 4.79 Å². The van der Waals surface area contributed by atoms with Crippen LogP contribution >= 0.6 is 11.3 Å². The highest BCUT2D eigenvalue weighted by Gasteiger charge is 2.30. The third-order valence-corrected chi connectivity index (χ3v) is 5.61. The number of benzene rings is 1. The van der Waals surface area contributed by atoms with Crippen LogP contribution in [-0.4, -0.2) is 33.9 Å². The molecular weight excluding hydrogens is 358 g/mol. The molecule has 1 unspecified atom stereocenters. The molecule has 1 saturated heterocycles. The van der Waals surface area contributed by atoms with Crippen LogP contribution in [-0.2, 0) is 4.79 Å². The molecule has 0 aliphatic carbocycles. The van der Waals surface area contributed by atoms with Crippen LogP contribution in [0.3, 0.4) is 0 Å². The second-order valence-corrected chi connectivity index (χ2v) is 7.38. The fraction of sp³-hybridized carbons (Fsp3) is 0.286. The Hall–Kier alpha value is -2.73. The zero-order valence-corrected chi connectivity index (χ0v) is 15.8. The maximum absolute atomic E-state index is 12.8. The number of carbonyl (C=O) groups excluding carboxylic acids is 1. The molecule has 1 atom stereocenters. The maximum atomic E-state index is 12.8. The summed E-state index contributed by atoms with van der Waals surface area (Å²) in [6.07, 6.45) is 6.64. The van der Waals surface area contributed by atoms with Gasteiger partial charge in [0.15, 0.2) is 6.61 Å². The first-order valence-corrected chi connectivity index (χ1v) is 10.0. The van der Waals surface area contributed by atoms with Gasteiger partial charge in [-0.3, -0.25) is 9.78 Å². The Bertz CT molecular complexity index is 883. The highest BCUT2D eigenvalue weighted by molar-refractivity contribution is 7.13. The van der Waals surface area contributed by atoms with Crippen LogP contribution in [0.2, 0.25) is 0 Å². The SMILES string of the molecule is O=C(COc1ccccc1)N1CCCCC1c1csc(-c2cccnc2)n1. The van der Waals surface area contributed by atoms with Crippen LogP contribution in [0.4, 0.5) is 0 Å². The number of likely N-dealkylation sites (tertiary alicyclic amines) is 1. The predicted molar refractivity (Wildman–Crippen MR) is 106 cm³/mol. The summed E-state index contributed by atoms with van der Waals surface area (Å²) >= 11 is 1.60. The third-order valence-electron chi connectivity index (χ3n) is 4.70. The number of para-hydroxylation sites is 1. The molecule has 1 fully saturated rings. The number of hydrogen-bond acceptors (Lipinski definition) is 5. The van der Waals surface area contributed by atoms with Crippen molar-refractivity contribution in [1.82, 2.24) is 14.9 Å². The minimum absolute atomic E-state index is 0.0134. The Kier molecular flexibility index (Phi) is 5.44. The van der Waals surface area contributed by atoms with E-state index in [-0.39, 0.29) is 18.6 Å². The fourth-order valence-electron chi connectivity index (χ4n) is 3.34. The second-order valence-electron chi connectivity index (χ2n) is 6.52. The van der Waals surface area contributed by atoms with E-state index in [1.807, 2.05) is 53.6 Å². The third kappa shape index (κ3) is 4.17. The molecule has 138 valence electrons. The number of rotatable bonds is 5. The molecule has 5 nitrogen and oxygen atoms in total. The molecule has 1 aliphatic heterocycles. The lowest BCUT2D eigenvalue weighted by molar-refractivity contribution is -0.137. The van der Waals surface area contributed by atoms with Crippen molar-refractivity contribution >= 4 is 17.2 Å². The van der Waals surface area contributed by atoms with Gasteiger partial charge in [0.1, 0.15) is 10.8 Å². The van der Waals surface area contributed by atoms with Crippen LogP contribution in [0, 0.1) is 0 Å². The summed E-state index contributed by atoms with van der Waals surface area (Å²) in [4.78, 5) is 23.7. The number of pyridine rings is 1. The minimum Gasteiger partial charge on any atom is -0.484 e. The topological polar surface area (TPSA) is 55.3 Å². The van der Waals surface area contributed by atoms with E-state index in [2.05, 4.69) is 10.4 Å². The molecule has 3 heterocycles. The van der Waals surface area contributed by atoms with Gasteiger partial charge in [-0.25, -0.2) is 4.98 Å². The van der Waals surface area contributed by atoms with Crippen LogP contribution < -0.4 is 4.74 Å². The Morgan fingerprint density at radius 3 is 2.89 bits per heavy atom. The van der Waals surface area contributed by atoms with Gasteiger partial charge in [-0.1, -0.05) is 18.2 Å². The molecular formula is C21H21N3O2S. The molecule has 3 aromatic rings. The first kappa shape index (κ1) is 17.7. The van der Waals surface area contributed by atoms with Gasteiger partial charge in [0.25, 0.3) is 5.91 Å². The lowest BCUT2D eigenvalue weighted by Crippen LogP contribution is -2.41. The second kappa shape index (κ2) is 8.31. The van der Waals surface area contributed by atoms with E-state index >= 15 is 0 Å². The first-order valence-electron chi connectivity index (χ1n) is 9.14. The predicted octanol–water partition coefficient (Wildman–Crippen LogP) is 4.34. The lowest BCUT2D eigenvalue weighted by Gasteiger charge is -2.34. The highest BCUT2D eigenvalue weighted by atomic mass is 32.1. The van der Waals surface area contributed by atoms with Gasteiger partial charge in [-0.15, -0.1) is 11.3 Å². The molecule has 1 aliphatic rings. The van der Waals surface area contributed by atoms with Gasteiger partial charge >= 0.3 is 0 Å². The monoisotopic (exact) mass is 379 g/mol. The Morgan fingerprint density at radius 1 is 1.19 bits per heavy atom. The summed E-state index contributed by atoms with van der Waals surface area (Å²) in [6, 6.07) is 13.4. The standard InChI is InChI=1S/C21H21N3O2S/c25-20(14-26-17-8-2-1-3-9-17)24-12-5-4-10-19(24)18-15-27-21(23-18)16-7-6-11-22-13-16/h1-3,6-9,11,13,15,19H,4-5,10,12,14H2. The van der Waals surface area contributed by atoms with E-state index < -0.39 is 0 Å². The summed E-state index contributed by atoms with van der Waals surface area (Å²) in [6.45, 7) is 0.807. The number of piperidine rings is 1. The van der Waals surface area contributed by atoms with Crippen molar-refractivity contribution in [2.45, 2.75) is 25.3 Å². The van der Waals surface area contributed by atoms with E-state index in [1.54, 1.807) is 17.5 Å². The van der Waals surface area contributed by atoms with Crippen LogP contribution in [0.15, 0.2) is 60.2 Å². The number of amides is 1. The van der Waals surface area contributed by atoms with Gasteiger partial charge in [0.05, 0.1) is 11.7 Å². The van der Waals surface area contributed by atoms with Crippen LogP contribution in [0.1, 0.15) is 31.0 Å². The normalized spacial score (nSPS) is 16.9. The van der Waals surface area contributed by atoms with Crippen molar-refractivity contribution in [2.24, 2.45) is 0 Å². The van der Waals surface area contributed by atoms with Crippen molar-refractivity contribution in [2.75, 3.05) is 13.2 Å². The van der Waals surface area contributed by atoms with Gasteiger partial charge in [-0.2, -0.15) is 0 Å². The molecule has 1 aromatic carbocycles. The van der Waals surface area contributed by atoms with E-state index in [4.69, 9.17) is 9.72 Å². The number of nitrogens with zero attached hydrogens (tertiary/aromatic N) is 3. The first-order chi connectivity index (χ1) is 13.3. The van der Waals surface area contributed by atoms with Gasteiger partial charge in [0, 0.05) is 29.9 Å². The average Bonchev–Trinajstić information content (AvgIpc) is 3.23. The minimum atomic E-state index is 0.0134. The Balaban J connectivity index is 1.47. The van der Waals surface area contributed by atoms with Crippen molar-refractivity contribution in [3.63, 3.8) is 0 Å². The zero-order chi connectivity index (χ0) is 18.5. The fourth-order valence-corrected chi connectivity index (χ4v) is 4.20. The smallest absolute Gasteiger partial charge is 0.261 e. The molecule has 4 rings (SSSR count). The number of thiazole rings is 1. The van der Waals surface area contributed by atoms with Gasteiger partial charge < -0.3 is 9.64 Å². The Labute approximate surface area is 162 Å². The summed E-state index contributed by atoms with van der Waals surface area (Å²) in [5.41, 5.74) is 1.97.